The van der Waals surface area contributed by atoms with Crippen molar-refractivity contribution in [2.75, 3.05) is 54.4 Å². The van der Waals surface area contributed by atoms with Gasteiger partial charge in [0.15, 0.2) is 0 Å². The molecule has 40 nitrogen and oxygen atoms in total. The van der Waals surface area contributed by atoms with Gasteiger partial charge in [0.25, 0.3) is 0 Å². The first-order valence-corrected chi connectivity index (χ1v) is 44.7. The number of rotatable bonds is 28. The molecule has 48 heteroatoms. The summed E-state index contributed by atoms with van der Waals surface area (Å²) in [6.45, 7) is 49.7. The van der Waals surface area contributed by atoms with E-state index in [1.54, 1.807) is 0 Å². The van der Waals surface area contributed by atoms with Crippen LogP contribution in [0.2, 0.25) is 0 Å². The summed E-state index contributed by atoms with van der Waals surface area (Å²) < 4.78 is 136. The maximum atomic E-state index is 8.49. The number of halogens is 4. The van der Waals surface area contributed by atoms with Crippen LogP contribution in [0.15, 0.2) is 243 Å². The fourth-order valence-electron chi connectivity index (χ4n) is 11.5. The molecule has 0 aromatic carbocycles. The molecule has 0 saturated heterocycles. The van der Waals surface area contributed by atoms with Crippen LogP contribution in [0.3, 0.4) is 0 Å². The monoisotopic (exact) mass is 2170 g/mol. The Kier molecular flexibility index (Phi) is 88.0. The summed E-state index contributed by atoms with van der Waals surface area (Å²) in [7, 11) is -14.1. The Hall–Kier alpha value is -9.96. The molecule has 0 unspecified atom stereocenters. The van der Waals surface area contributed by atoms with Gasteiger partial charge in [-0.25, -0.2) is 101 Å². The van der Waals surface area contributed by atoms with Gasteiger partial charge >= 0.3 is 68.3 Å². The van der Waals surface area contributed by atoms with Gasteiger partial charge in [-0.2, -0.15) is 0 Å². The molecule has 0 spiro atoms. The quantitative estimate of drug-likeness (QED) is 0.0363. The van der Waals surface area contributed by atoms with E-state index in [2.05, 4.69) is 220 Å². The van der Waals surface area contributed by atoms with Gasteiger partial charge in [0.05, 0.1) is 45.6 Å². The molecule has 0 aliphatic rings. The summed E-state index contributed by atoms with van der Waals surface area (Å²) in [5, 5.41) is 0. The SMILES string of the molecule is Cc1cccc(CN(CCc2ccccn2)Cc2cccc(C)n2)n1.Cc1cccc(CN(CCc2ccccn2)Cc2cccc(C)n2)n1.Cc1cccc(CN(CCc2ccccn2)Cc2cccc(C)n2)n1.Cc1cccc(CN(CCc2ccccn2)Cc2cccc(C)n2)n1.[C-]#[N+]C.[C-]#[N+]C.[C-]#[N+]C.[C-]#[N+]C.[Mn+3].[Mn+3].[Mn+3].[Mn+3].[O-2].[O-2].[O-2].[O-2].[O-][Cl+3]([O-])([O-])[O-].[O-][Cl+3]([O-])([O-])[O-].[O-][Cl+3]([O-])([O-])[O-].[O-][Cl+3]([O-])([O-])[O-]. The Bertz CT molecular complexity index is 4450. The van der Waals surface area contributed by atoms with E-state index < -0.39 is 41.0 Å². The van der Waals surface area contributed by atoms with E-state index in [9.17, 15) is 0 Å². The molecule has 12 aromatic heterocycles. The zero-order valence-corrected chi connectivity index (χ0v) is 86.3. The van der Waals surface area contributed by atoms with Crippen molar-refractivity contribution in [1.82, 2.24) is 79.4 Å². The first kappa shape index (κ1) is 145. The number of nitrogens with zero attached hydrogens (tertiary/aromatic N) is 20. The van der Waals surface area contributed by atoms with E-state index >= 15 is 0 Å². The van der Waals surface area contributed by atoms with Gasteiger partial charge in [0.1, 0.15) is 0 Å². The van der Waals surface area contributed by atoms with Crippen LogP contribution >= 0.6 is 0 Å². The molecule has 0 amide bonds. The summed E-state index contributed by atoms with van der Waals surface area (Å²) in [6.07, 6.45) is 11.1. The molecule has 752 valence electrons. The standard InChI is InChI=1S/4C21H24N4.4C2H3N.4ClHO4.4Mn.4O/c4*1-17-7-5-10-20(23-17)15-25(14-12-19-9-3-4-13-22-19)16-21-11-6-8-18(2)24-21;4*1-3-2;4*2-1(3,4)5;;;;;;;;/h4*3-11,13H,12,14-16H2,1-2H3;4*1H3;4*(H,2,3,4,5);;;;;;;;/q;;;;;;;;;;;;4*+3;4*-2/p-4. The predicted molar refractivity (Wildman–Crippen MR) is 453 cm³/mol. The van der Waals surface area contributed by atoms with Crippen LogP contribution < -0.4 is 74.5 Å². The van der Waals surface area contributed by atoms with Crippen molar-refractivity contribution >= 4 is 0 Å². The van der Waals surface area contributed by atoms with Crippen molar-refractivity contribution in [2.24, 2.45) is 0 Å². The maximum Gasteiger partial charge on any atom is 3.00 e. The molecule has 12 aromatic rings. The Balaban J connectivity index is -0.000000246. The largest absolute Gasteiger partial charge is 3.00 e. The van der Waals surface area contributed by atoms with Crippen LogP contribution in [0.25, 0.3) is 19.4 Å². The van der Waals surface area contributed by atoms with Gasteiger partial charge in [0, 0.05) is 197 Å². The molecule has 0 aliphatic heterocycles. The molecule has 140 heavy (non-hydrogen) atoms. The van der Waals surface area contributed by atoms with Gasteiger partial charge in [-0.15, -0.1) is 41.0 Å². The molecule has 0 N–H and O–H groups in total. The first-order chi connectivity index (χ1) is 62.4. The minimum absolute atomic E-state index is 0. The van der Waals surface area contributed by atoms with Crippen molar-refractivity contribution in [3.63, 3.8) is 0 Å². The number of hydrogen-bond donors (Lipinski definition) is 0. The summed E-state index contributed by atoms with van der Waals surface area (Å²) in [6, 6.07) is 73.8. The van der Waals surface area contributed by atoms with Crippen LogP contribution in [0, 0.1) is 123 Å². The Morgan fingerprint density at radius 3 is 0.407 bits per heavy atom. The summed E-state index contributed by atoms with van der Waals surface area (Å²) in [5.74, 6) is 0. The molecule has 0 bridgehead atoms. The second-order valence-corrected chi connectivity index (χ2v) is 30.7. The van der Waals surface area contributed by atoms with Gasteiger partial charge in [-0.1, -0.05) is 72.8 Å². The molecule has 0 saturated carbocycles. The Morgan fingerprint density at radius 2 is 0.314 bits per heavy atom. The van der Waals surface area contributed by atoms with Crippen LogP contribution in [-0.4, -0.2) is 134 Å². The Labute approximate surface area is 869 Å². The van der Waals surface area contributed by atoms with E-state index in [0.29, 0.717) is 0 Å². The molecular weight excluding hydrogens is 2070 g/mol. The van der Waals surface area contributed by atoms with Crippen molar-refractivity contribution in [2.45, 2.75) is 133 Å². The number of pyridine rings is 12. The smallest absolute Gasteiger partial charge is 2.00 e. The summed E-state index contributed by atoms with van der Waals surface area (Å²) >= 11 is 0. The second-order valence-electron chi connectivity index (χ2n) is 27.7. The summed E-state index contributed by atoms with van der Waals surface area (Å²) in [4.78, 5) is 75.5. The fraction of sp³-hybridized carbons (Fsp3) is 0.304. The van der Waals surface area contributed by atoms with E-state index in [-0.39, 0.29) is 90.2 Å². The van der Waals surface area contributed by atoms with Crippen LogP contribution in [0.1, 0.15) is 114 Å². The number of aryl methyl sites for hydroxylation is 8. The van der Waals surface area contributed by atoms with E-state index in [1.807, 2.05) is 177 Å². The number of hydrogen-bond acceptors (Lipinski definition) is 32. The average Bonchev–Trinajstić information content (AvgIpc) is 0.883. The zero-order chi connectivity index (χ0) is 98.8. The minimum atomic E-state index is -4.94. The zero-order valence-electron chi connectivity index (χ0n) is 78.5. The topological polar surface area (TPSA) is 668 Å². The van der Waals surface area contributed by atoms with Crippen molar-refractivity contribution < 1.29 is 206 Å². The molecule has 0 radical (unpaired) electrons. The predicted octanol–water partition coefficient (Wildman–Crippen LogP) is -2.43. The molecule has 12 rings (SSSR count). The normalized spacial score (nSPS) is 9.80. The van der Waals surface area contributed by atoms with E-state index in [4.69, 9.17) is 101 Å². The van der Waals surface area contributed by atoms with Crippen LogP contribution in [0.4, 0.5) is 0 Å². The van der Waals surface area contributed by atoms with Crippen molar-refractivity contribution in [3.8, 4) is 0 Å². The molecule has 0 atom stereocenters. The maximum absolute atomic E-state index is 8.49. The van der Waals surface area contributed by atoms with E-state index in [1.165, 1.54) is 28.2 Å². The van der Waals surface area contributed by atoms with Crippen LogP contribution in [0.5, 0.6) is 0 Å². The second kappa shape index (κ2) is 84.7. The summed E-state index contributed by atoms with van der Waals surface area (Å²) in [5.41, 5.74) is 21.6. The van der Waals surface area contributed by atoms with E-state index in [0.717, 1.165) is 218 Å². The third kappa shape index (κ3) is 87.1. The molecular formula is C92H108Cl4Mn4N20O20. The van der Waals surface area contributed by atoms with Gasteiger partial charge in [-0.05, 0) is 201 Å². The third-order valence-corrected chi connectivity index (χ3v) is 16.3. The van der Waals surface area contributed by atoms with Crippen molar-refractivity contribution in [3.05, 3.63) is 403 Å². The van der Waals surface area contributed by atoms with Gasteiger partial charge in [0.2, 0.25) is 28.2 Å². The van der Waals surface area contributed by atoms with Crippen molar-refractivity contribution in [1.29, 1.82) is 0 Å². The molecule has 0 aliphatic carbocycles. The third-order valence-electron chi connectivity index (χ3n) is 16.3. The van der Waals surface area contributed by atoms with Gasteiger partial charge < -0.3 is 41.3 Å². The first-order valence-electron chi connectivity index (χ1n) is 39.8. The Morgan fingerprint density at radius 1 is 0.207 bits per heavy atom. The molecule has 12 heterocycles. The fourth-order valence-corrected chi connectivity index (χ4v) is 11.5. The minimum Gasteiger partial charge on any atom is -2.00 e. The molecule has 0 fully saturated rings. The number of aromatic nitrogens is 12. The van der Waals surface area contributed by atoms with Gasteiger partial charge in [-0.3, -0.25) is 79.4 Å². The average molecular weight is 2180 g/mol. The van der Waals surface area contributed by atoms with Crippen LogP contribution in [-0.2, 0) is 168 Å².